The molecule has 29 heavy (non-hydrogen) atoms. The average molecular weight is 388 g/mol. The van der Waals surface area contributed by atoms with Crippen molar-refractivity contribution in [3.63, 3.8) is 0 Å². The normalized spacial score (nSPS) is 11.0. The second kappa shape index (κ2) is 7.71. The fourth-order valence-electron chi connectivity index (χ4n) is 3.31. The predicted molar refractivity (Wildman–Crippen MR) is 108 cm³/mol. The van der Waals surface area contributed by atoms with Crippen molar-refractivity contribution in [1.29, 1.82) is 0 Å². The van der Waals surface area contributed by atoms with E-state index in [1.54, 1.807) is 17.8 Å². The molecule has 0 spiro atoms. The Hall–Kier alpha value is -3.74. The molecule has 7 nitrogen and oxygen atoms in total. The van der Waals surface area contributed by atoms with Crippen molar-refractivity contribution < 1.29 is 14.3 Å². The molecule has 0 saturated carbocycles. The van der Waals surface area contributed by atoms with E-state index in [0.717, 1.165) is 28.6 Å². The van der Waals surface area contributed by atoms with Crippen LogP contribution in [-0.2, 0) is 11.2 Å². The highest BCUT2D eigenvalue weighted by molar-refractivity contribution is 6.09. The number of nitrogens with zero attached hydrogens (tertiary/aromatic N) is 3. The summed E-state index contributed by atoms with van der Waals surface area (Å²) in [6, 6.07) is 15.2. The Kier molecular flexibility index (Phi) is 4.95. The lowest BCUT2D eigenvalue weighted by molar-refractivity contribution is 0.0463. The number of benzene rings is 2. The lowest BCUT2D eigenvalue weighted by atomic mass is 10.1. The first-order valence-electron chi connectivity index (χ1n) is 9.37. The second-order valence-electron chi connectivity index (χ2n) is 6.62. The van der Waals surface area contributed by atoms with Gasteiger partial charge in [-0.15, -0.1) is 5.10 Å². The van der Waals surface area contributed by atoms with Crippen molar-refractivity contribution >= 4 is 22.7 Å². The van der Waals surface area contributed by atoms with Gasteiger partial charge in [0.1, 0.15) is 5.82 Å². The maximum absolute atomic E-state index is 12.6. The molecule has 0 aliphatic carbocycles. The summed E-state index contributed by atoms with van der Waals surface area (Å²) in [5, 5.41) is 5.03. The van der Waals surface area contributed by atoms with E-state index in [1.807, 2.05) is 48.5 Å². The molecule has 2 heterocycles. The minimum Gasteiger partial charge on any atom is -0.451 e. The number of hydrogen-bond acceptors (Lipinski definition) is 5. The summed E-state index contributed by atoms with van der Waals surface area (Å²) in [7, 11) is 0. The molecule has 0 unspecified atom stereocenters. The van der Waals surface area contributed by atoms with Crippen LogP contribution in [0.25, 0.3) is 16.6 Å². The first-order valence-corrected chi connectivity index (χ1v) is 9.37. The molecular weight excluding hydrogens is 368 g/mol. The van der Waals surface area contributed by atoms with Crippen LogP contribution in [0.5, 0.6) is 0 Å². The Bertz CT molecular complexity index is 1190. The van der Waals surface area contributed by atoms with Gasteiger partial charge in [0.15, 0.2) is 6.61 Å². The number of esters is 1. The molecule has 0 aliphatic rings. The Labute approximate surface area is 167 Å². The lowest BCUT2D eigenvalue weighted by Crippen LogP contribution is -2.15. The number of aromatic amines is 1. The molecule has 0 bridgehead atoms. The Morgan fingerprint density at radius 2 is 1.90 bits per heavy atom. The molecule has 0 amide bonds. The SMILES string of the molecule is CCc1cccc2c(C(=O)COC(=O)c3nc(C)n(-c4ccccc4)n3)c[nH]c12. The van der Waals surface area contributed by atoms with E-state index >= 15 is 0 Å². The van der Waals surface area contributed by atoms with Crippen LogP contribution in [0.2, 0.25) is 0 Å². The van der Waals surface area contributed by atoms with Crippen LogP contribution in [0.15, 0.2) is 54.7 Å². The zero-order chi connectivity index (χ0) is 20.4. The van der Waals surface area contributed by atoms with Crippen molar-refractivity contribution in [1.82, 2.24) is 19.7 Å². The summed E-state index contributed by atoms with van der Waals surface area (Å²) < 4.78 is 6.74. The molecule has 146 valence electrons. The maximum atomic E-state index is 12.6. The van der Waals surface area contributed by atoms with E-state index in [4.69, 9.17) is 4.74 Å². The standard InChI is InChI=1S/C22H20N4O3/c1-3-15-8-7-11-17-18(12-23-20(15)17)19(27)13-29-22(28)21-24-14(2)26(25-21)16-9-5-4-6-10-16/h4-12,23H,3,13H2,1-2H3. The number of ketones is 1. The molecule has 0 atom stereocenters. The number of Topliss-reactive ketones (excluding diaryl/α,β-unsaturated/α-hetero) is 1. The van der Waals surface area contributed by atoms with E-state index in [0.29, 0.717) is 11.4 Å². The minimum absolute atomic E-state index is 0.0775. The Balaban J connectivity index is 1.49. The summed E-state index contributed by atoms with van der Waals surface area (Å²) in [5.74, 6) is -0.535. The maximum Gasteiger partial charge on any atom is 0.378 e. The van der Waals surface area contributed by atoms with Crippen LogP contribution in [0.3, 0.4) is 0 Å². The molecule has 4 rings (SSSR count). The Morgan fingerprint density at radius 1 is 1.10 bits per heavy atom. The van der Waals surface area contributed by atoms with Gasteiger partial charge in [-0.2, -0.15) is 0 Å². The minimum atomic E-state index is -0.731. The molecule has 2 aromatic heterocycles. The first-order chi connectivity index (χ1) is 14.1. The number of carbonyl (C=O) groups excluding carboxylic acids is 2. The average Bonchev–Trinajstić information content (AvgIpc) is 3.36. The van der Waals surface area contributed by atoms with Crippen LogP contribution in [0.4, 0.5) is 0 Å². The fourth-order valence-corrected chi connectivity index (χ4v) is 3.31. The van der Waals surface area contributed by atoms with Crippen LogP contribution >= 0.6 is 0 Å². The summed E-state index contributed by atoms with van der Waals surface area (Å²) >= 11 is 0. The van der Waals surface area contributed by atoms with E-state index in [1.165, 1.54) is 0 Å². The van der Waals surface area contributed by atoms with Gasteiger partial charge >= 0.3 is 5.97 Å². The number of carbonyl (C=O) groups is 2. The van der Waals surface area contributed by atoms with Crippen molar-refractivity contribution in [2.45, 2.75) is 20.3 Å². The molecular formula is C22H20N4O3. The second-order valence-corrected chi connectivity index (χ2v) is 6.62. The zero-order valence-electron chi connectivity index (χ0n) is 16.2. The van der Waals surface area contributed by atoms with Crippen LogP contribution in [0, 0.1) is 6.92 Å². The molecule has 2 aromatic carbocycles. The Morgan fingerprint density at radius 3 is 2.66 bits per heavy atom. The predicted octanol–water partition coefficient (Wildman–Crippen LogP) is 3.66. The largest absolute Gasteiger partial charge is 0.451 e. The molecule has 4 aromatic rings. The van der Waals surface area contributed by atoms with Gasteiger partial charge in [0.2, 0.25) is 5.78 Å². The molecule has 1 N–H and O–H groups in total. The van der Waals surface area contributed by atoms with Gasteiger partial charge in [-0.3, -0.25) is 4.79 Å². The number of H-pyrrole nitrogens is 1. The first kappa shape index (κ1) is 18.6. The quantitative estimate of drug-likeness (QED) is 0.402. The molecule has 0 aliphatic heterocycles. The third kappa shape index (κ3) is 3.54. The number of aromatic nitrogens is 4. The highest BCUT2D eigenvalue weighted by Gasteiger charge is 2.20. The highest BCUT2D eigenvalue weighted by atomic mass is 16.5. The van der Waals surface area contributed by atoms with E-state index in [-0.39, 0.29) is 18.2 Å². The van der Waals surface area contributed by atoms with Crippen molar-refractivity contribution in [3.8, 4) is 5.69 Å². The fraction of sp³-hybridized carbons (Fsp3) is 0.182. The number of ether oxygens (including phenoxy) is 1. The zero-order valence-corrected chi connectivity index (χ0v) is 16.2. The third-order valence-corrected chi connectivity index (χ3v) is 4.77. The number of nitrogens with one attached hydrogen (secondary N) is 1. The molecule has 0 fully saturated rings. The third-order valence-electron chi connectivity index (χ3n) is 4.77. The lowest BCUT2D eigenvalue weighted by Gasteiger charge is -2.03. The summed E-state index contributed by atoms with van der Waals surface area (Å²) in [4.78, 5) is 32.3. The summed E-state index contributed by atoms with van der Waals surface area (Å²) in [6.07, 6.45) is 2.52. The van der Waals surface area contributed by atoms with Gasteiger partial charge in [0.25, 0.3) is 5.82 Å². The van der Waals surface area contributed by atoms with Crippen molar-refractivity contribution in [2.75, 3.05) is 6.61 Å². The smallest absolute Gasteiger partial charge is 0.378 e. The van der Waals surface area contributed by atoms with Gasteiger partial charge in [0, 0.05) is 22.7 Å². The van der Waals surface area contributed by atoms with Gasteiger partial charge in [-0.1, -0.05) is 43.3 Å². The number of hydrogen-bond donors (Lipinski definition) is 1. The van der Waals surface area contributed by atoms with Gasteiger partial charge in [-0.25, -0.2) is 14.5 Å². The topological polar surface area (TPSA) is 89.9 Å². The van der Waals surface area contributed by atoms with Crippen LogP contribution < -0.4 is 0 Å². The van der Waals surface area contributed by atoms with E-state index in [9.17, 15) is 9.59 Å². The van der Waals surface area contributed by atoms with E-state index in [2.05, 4.69) is 22.0 Å². The van der Waals surface area contributed by atoms with E-state index < -0.39 is 5.97 Å². The molecule has 0 radical (unpaired) electrons. The summed E-state index contributed by atoms with van der Waals surface area (Å²) in [6.45, 7) is 3.43. The van der Waals surface area contributed by atoms with Crippen molar-refractivity contribution in [2.24, 2.45) is 0 Å². The van der Waals surface area contributed by atoms with Crippen LogP contribution in [0.1, 0.15) is 39.3 Å². The van der Waals surface area contributed by atoms with Crippen molar-refractivity contribution in [3.05, 3.63) is 77.5 Å². The van der Waals surface area contributed by atoms with Gasteiger partial charge < -0.3 is 9.72 Å². The monoisotopic (exact) mass is 388 g/mol. The number of rotatable bonds is 6. The number of para-hydroxylation sites is 2. The van der Waals surface area contributed by atoms with Gasteiger partial charge in [0.05, 0.1) is 5.69 Å². The van der Waals surface area contributed by atoms with Gasteiger partial charge in [-0.05, 0) is 31.0 Å². The molecule has 0 saturated heterocycles. The molecule has 7 heteroatoms. The number of aryl methyl sites for hydroxylation is 2. The number of fused-ring (bicyclic) bond motifs is 1. The van der Waals surface area contributed by atoms with Crippen LogP contribution in [-0.4, -0.2) is 38.1 Å². The summed E-state index contributed by atoms with van der Waals surface area (Å²) in [5.41, 5.74) is 3.36. The highest BCUT2D eigenvalue weighted by Crippen LogP contribution is 2.22.